The second-order valence-corrected chi connectivity index (χ2v) is 7.25. The van der Waals surface area contributed by atoms with Crippen molar-refractivity contribution >= 4 is 26.7 Å². The van der Waals surface area contributed by atoms with Gasteiger partial charge < -0.3 is 5.32 Å². The molecule has 0 radical (unpaired) electrons. The maximum absolute atomic E-state index is 12.2. The third-order valence-electron chi connectivity index (χ3n) is 3.84. The predicted octanol–water partition coefficient (Wildman–Crippen LogP) is 0.429. The molecule has 8 nitrogen and oxygen atoms in total. The summed E-state index contributed by atoms with van der Waals surface area (Å²) in [6.45, 7) is 0.227. The molecule has 0 unspecified atom stereocenters. The van der Waals surface area contributed by atoms with Gasteiger partial charge in [0.1, 0.15) is 0 Å². The van der Waals surface area contributed by atoms with Crippen molar-refractivity contribution in [2.24, 2.45) is 5.14 Å². The smallest absolute Gasteiger partial charge is 0.272 e. The van der Waals surface area contributed by atoms with Crippen LogP contribution in [0.3, 0.4) is 0 Å². The fourth-order valence-corrected chi connectivity index (χ4v) is 3.03. The lowest BCUT2D eigenvalue weighted by Gasteiger charge is -2.07. The average molecular weight is 372 g/mol. The van der Waals surface area contributed by atoms with Gasteiger partial charge in [0.25, 0.3) is 5.56 Å². The molecule has 0 saturated heterocycles. The fourth-order valence-electron chi connectivity index (χ4n) is 2.52. The zero-order valence-corrected chi connectivity index (χ0v) is 14.4. The minimum absolute atomic E-state index is 0.00650. The summed E-state index contributed by atoms with van der Waals surface area (Å²) in [7, 11) is -3.74. The number of nitrogens with two attached hydrogens (primary N) is 1. The van der Waals surface area contributed by atoms with Gasteiger partial charge in [-0.1, -0.05) is 30.3 Å². The normalized spacial score (nSPS) is 11.4. The number of amides is 1. The van der Waals surface area contributed by atoms with Crippen LogP contribution in [-0.2, 0) is 27.8 Å². The Morgan fingerprint density at radius 1 is 1.08 bits per heavy atom. The zero-order valence-electron chi connectivity index (χ0n) is 13.6. The molecule has 0 fully saturated rings. The van der Waals surface area contributed by atoms with E-state index in [-0.39, 0.29) is 29.3 Å². The van der Waals surface area contributed by atoms with Crippen LogP contribution in [-0.4, -0.2) is 24.5 Å². The molecule has 26 heavy (non-hydrogen) atoms. The van der Waals surface area contributed by atoms with E-state index in [0.29, 0.717) is 16.5 Å². The molecule has 0 bridgehead atoms. The van der Waals surface area contributed by atoms with Gasteiger partial charge in [0, 0.05) is 11.9 Å². The summed E-state index contributed by atoms with van der Waals surface area (Å²) in [6, 6.07) is 12.9. The Balaban J connectivity index is 1.69. The molecule has 3 aromatic rings. The SMILES string of the molecule is NS(=O)(=O)c1ccc(CNC(=O)Cc2n[nH]c(=O)c3ccccc23)cc1. The molecule has 0 spiro atoms. The van der Waals surface area contributed by atoms with E-state index >= 15 is 0 Å². The fraction of sp³-hybridized carbons (Fsp3) is 0.118. The van der Waals surface area contributed by atoms with Crippen molar-refractivity contribution < 1.29 is 13.2 Å². The second kappa shape index (κ2) is 7.06. The first-order valence-electron chi connectivity index (χ1n) is 7.69. The predicted molar refractivity (Wildman–Crippen MR) is 95.7 cm³/mol. The number of nitrogens with zero attached hydrogens (tertiary/aromatic N) is 1. The number of aromatic amines is 1. The van der Waals surface area contributed by atoms with Gasteiger partial charge in [0.2, 0.25) is 15.9 Å². The number of hydrogen-bond acceptors (Lipinski definition) is 5. The highest BCUT2D eigenvalue weighted by Crippen LogP contribution is 2.13. The van der Waals surface area contributed by atoms with E-state index in [2.05, 4.69) is 15.5 Å². The molecule has 134 valence electrons. The Bertz CT molecular complexity index is 1120. The molecular formula is C17H16N4O4S. The van der Waals surface area contributed by atoms with Gasteiger partial charge in [-0.15, -0.1) is 0 Å². The van der Waals surface area contributed by atoms with Crippen molar-refractivity contribution in [2.45, 2.75) is 17.9 Å². The van der Waals surface area contributed by atoms with Gasteiger partial charge in [0.15, 0.2) is 0 Å². The molecule has 1 amide bonds. The number of carbonyl (C=O) groups is 1. The highest BCUT2D eigenvalue weighted by atomic mass is 32.2. The summed E-state index contributed by atoms with van der Waals surface area (Å²) in [5.74, 6) is -0.273. The quantitative estimate of drug-likeness (QED) is 0.597. The molecule has 0 aliphatic carbocycles. The third-order valence-corrected chi connectivity index (χ3v) is 4.77. The number of primary sulfonamides is 1. The van der Waals surface area contributed by atoms with E-state index in [0.717, 1.165) is 5.56 Å². The lowest BCUT2D eigenvalue weighted by Crippen LogP contribution is -2.26. The first-order valence-corrected chi connectivity index (χ1v) is 9.24. The lowest BCUT2D eigenvalue weighted by atomic mass is 10.1. The molecule has 9 heteroatoms. The summed E-state index contributed by atoms with van der Waals surface area (Å²) >= 11 is 0. The Morgan fingerprint density at radius 2 is 1.73 bits per heavy atom. The summed E-state index contributed by atoms with van der Waals surface area (Å²) in [5, 5.41) is 15.2. The van der Waals surface area contributed by atoms with Crippen molar-refractivity contribution in [1.82, 2.24) is 15.5 Å². The van der Waals surface area contributed by atoms with Crippen molar-refractivity contribution in [1.29, 1.82) is 0 Å². The maximum Gasteiger partial charge on any atom is 0.272 e. The lowest BCUT2D eigenvalue weighted by molar-refractivity contribution is -0.120. The first kappa shape index (κ1) is 17.8. The van der Waals surface area contributed by atoms with E-state index in [1.807, 2.05) is 0 Å². The number of nitrogens with one attached hydrogen (secondary N) is 2. The van der Waals surface area contributed by atoms with Gasteiger partial charge in [-0.25, -0.2) is 18.7 Å². The summed E-state index contributed by atoms with van der Waals surface area (Å²) in [6.07, 6.45) is 0.00650. The molecule has 3 rings (SSSR count). The molecule has 0 aliphatic heterocycles. The van der Waals surface area contributed by atoms with E-state index in [1.54, 1.807) is 36.4 Å². The van der Waals surface area contributed by atoms with Gasteiger partial charge in [0.05, 0.1) is 22.4 Å². The summed E-state index contributed by atoms with van der Waals surface area (Å²) in [5.41, 5.74) is 0.895. The van der Waals surface area contributed by atoms with Crippen LogP contribution < -0.4 is 16.0 Å². The molecule has 4 N–H and O–H groups in total. The van der Waals surface area contributed by atoms with Gasteiger partial charge in [-0.3, -0.25) is 9.59 Å². The standard InChI is InChI=1S/C17H16N4O4S/c18-26(24,25)12-7-5-11(6-8-12)10-19-16(22)9-15-13-3-1-2-4-14(13)17(23)21-20-15/h1-8H,9-10H2,(H,19,22)(H,21,23)(H2,18,24,25). The van der Waals surface area contributed by atoms with Gasteiger partial charge >= 0.3 is 0 Å². The van der Waals surface area contributed by atoms with Crippen LogP contribution in [0, 0.1) is 0 Å². The summed E-state index contributed by atoms with van der Waals surface area (Å²) in [4.78, 5) is 23.9. The summed E-state index contributed by atoms with van der Waals surface area (Å²) < 4.78 is 22.4. The van der Waals surface area contributed by atoms with Crippen LogP contribution in [0.25, 0.3) is 10.8 Å². The highest BCUT2D eigenvalue weighted by Gasteiger charge is 2.11. The monoisotopic (exact) mass is 372 g/mol. The average Bonchev–Trinajstić information content (AvgIpc) is 2.62. The number of benzene rings is 2. The second-order valence-electron chi connectivity index (χ2n) is 5.69. The van der Waals surface area contributed by atoms with Crippen molar-refractivity contribution in [2.75, 3.05) is 0 Å². The van der Waals surface area contributed by atoms with Crippen LogP contribution in [0.15, 0.2) is 58.2 Å². The van der Waals surface area contributed by atoms with Crippen LogP contribution >= 0.6 is 0 Å². The van der Waals surface area contributed by atoms with Gasteiger partial charge in [-0.2, -0.15) is 5.10 Å². The Morgan fingerprint density at radius 3 is 2.38 bits per heavy atom. The van der Waals surface area contributed by atoms with Crippen LogP contribution in [0.2, 0.25) is 0 Å². The van der Waals surface area contributed by atoms with E-state index < -0.39 is 10.0 Å². The Kier molecular flexibility index (Phi) is 4.83. The number of hydrogen-bond donors (Lipinski definition) is 3. The number of sulfonamides is 1. The Labute approximate surface area is 149 Å². The van der Waals surface area contributed by atoms with Crippen LogP contribution in [0.5, 0.6) is 0 Å². The number of aromatic nitrogens is 2. The molecular weight excluding hydrogens is 356 g/mol. The molecule has 1 heterocycles. The highest BCUT2D eigenvalue weighted by molar-refractivity contribution is 7.89. The van der Waals surface area contributed by atoms with Crippen LogP contribution in [0.4, 0.5) is 0 Å². The van der Waals surface area contributed by atoms with E-state index in [1.165, 1.54) is 12.1 Å². The number of rotatable bonds is 5. The zero-order chi connectivity index (χ0) is 18.7. The molecule has 0 saturated carbocycles. The van der Waals surface area contributed by atoms with Crippen molar-refractivity contribution in [3.63, 3.8) is 0 Å². The molecule has 0 aliphatic rings. The largest absolute Gasteiger partial charge is 0.352 e. The van der Waals surface area contributed by atoms with Crippen LogP contribution in [0.1, 0.15) is 11.3 Å². The van der Waals surface area contributed by atoms with E-state index in [4.69, 9.17) is 5.14 Å². The number of fused-ring (bicyclic) bond motifs is 1. The van der Waals surface area contributed by atoms with E-state index in [9.17, 15) is 18.0 Å². The minimum Gasteiger partial charge on any atom is -0.352 e. The first-order chi connectivity index (χ1) is 12.3. The third kappa shape index (κ3) is 3.95. The minimum atomic E-state index is -3.74. The topological polar surface area (TPSA) is 135 Å². The number of carbonyl (C=O) groups excluding carboxylic acids is 1. The number of H-pyrrole nitrogens is 1. The Hall–Kier alpha value is -3.04. The molecule has 2 aromatic carbocycles. The van der Waals surface area contributed by atoms with Crippen molar-refractivity contribution in [3.05, 3.63) is 70.1 Å². The maximum atomic E-state index is 12.2. The van der Waals surface area contributed by atoms with Crippen molar-refractivity contribution in [3.8, 4) is 0 Å². The van der Waals surface area contributed by atoms with Gasteiger partial charge in [-0.05, 0) is 23.8 Å². The molecule has 0 atom stereocenters. The molecule has 1 aromatic heterocycles.